The van der Waals surface area contributed by atoms with E-state index in [9.17, 15) is 0 Å². The van der Waals surface area contributed by atoms with Gasteiger partial charge in [0, 0.05) is 31.8 Å². The molecule has 0 heterocycles. The third-order valence-corrected chi connectivity index (χ3v) is 9.59. The highest BCUT2D eigenvalue weighted by atomic mass is 35.5. The van der Waals surface area contributed by atoms with E-state index in [0.29, 0.717) is 25.9 Å². The first-order chi connectivity index (χ1) is 19.1. The Morgan fingerprint density at radius 1 is 0.718 bits per heavy atom. The van der Waals surface area contributed by atoms with Gasteiger partial charge >= 0.3 is 0 Å². The van der Waals surface area contributed by atoms with Crippen molar-refractivity contribution in [2.45, 2.75) is 162 Å². The maximum Gasteiger partial charge on any atom is 0.282 e. The molecule has 5 heteroatoms. The predicted octanol–water partition coefficient (Wildman–Crippen LogP) is 10.8. The number of ether oxygens (including phenoxy) is 4. The summed E-state index contributed by atoms with van der Waals surface area (Å²) in [5, 5.41) is 0. The van der Waals surface area contributed by atoms with Gasteiger partial charge in [0.15, 0.2) is 0 Å². The van der Waals surface area contributed by atoms with Gasteiger partial charge in [0.2, 0.25) is 0 Å². The first kappa shape index (κ1) is 34.9. The van der Waals surface area contributed by atoms with Gasteiger partial charge in [-0.25, -0.2) is 0 Å². The van der Waals surface area contributed by atoms with Crippen LogP contribution in [-0.4, -0.2) is 31.9 Å². The van der Waals surface area contributed by atoms with Gasteiger partial charge in [-0.1, -0.05) is 102 Å². The van der Waals surface area contributed by atoms with E-state index in [0.717, 1.165) is 36.5 Å². The van der Waals surface area contributed by atoms with E-state index in [4.69, 9.17) is 30.5 Å². The monoisotopic (exact) mass is 570 g/mol. The van der Waals surface area contributed by atoms with Crippen molar-refractivity contribution in [3.05, 3.63) is 11.8 Å². The average molecular weight is 571 g/mol. The van der Waals surface area contributed by atoms with Crippen molar-refractivity contribution in [1.82, 2.24) is 0 Å². The molecule has 0 amide bonds. The second-order valence-corrected chi connectivity index (χ2v) is 12.5. The summed E-state index contributed by atoms with van der Waals surface area (Å²) >= 11 is 5.76. The lowest BCUT2D eigenvalue weighted by molar-refractivity contribution is -0.380. The smallest absolute Gasteiger partial charge is 0.282 e. The third kappa shape index (κ3) is 13.5. The largest absolute Gasteiger partial charge is 0.497 e. The van der Waals surface area contributed by atoms with Crippen molar-refractivity contribution in [2.24, 2.45) is 23.7 Å². The molecule has 2 aliphatic rings. The Morgan fingerprint density at radius 3 is 1.87 bits per heavy atom. The second kappa shape index (κ2) is 21.4. The Balaban J connectivity index is 1.72. The zero-order chi connectivity index (χ0) is 28.2. The Morgan fingerprint density at radius 2 is 1.28 bits per heavy atom. The van der Waals surface area contributed by atoms with Gasteiger partial charge in [-0.3, -0.25) is 0 Å². The quantitative estimate of drug-likeness (QED) is 0.0631. The number of hydrogen-bond donors (Lipinski definition) is 0. The lowest BCUT2D eigenvalue weighted by Crippen LogP contribution is -2.39. The van der Waals surface area contributed by atoms with Gasteiger partial charge in [0.1, 0.15) is 0 Å². The highest BCUT2D eigenvalue weighted by Crippen LogP contribution is 2.44. The van der Waals surface area contributed by atoms with E-state index in [1.807, 2.05) is 20.8 Å². The van der Waals surface area contributed by atoms with Gasteiger partial charge in [-0.05, 0) is 76.5 Å². The summed E-state index contributed by atoms with van der Waals surface area (Å²) in [4.78, 5) is 0. The van der Waals surface area contributed by atoms with Gasteiger partial charge in [-0.2, -0.15) is 0 Å². The molecule has 0 N–H and O–H groups in total. The predicted molar refractivity (Wildman–Crippen MR) is 165 cm³/mol. The number of hydrogen-bond acceptors (Lipinski definition) is 4. The molecule has 2 rings (SSSR count). The maximum absolute atomic E-state index is 5.98. The Hall–Kier alpha value is -0.290. The van der Waals surface area contributed by atoms with Crippen LogP contribution in [0.5, 0.6) is 0 Å². The normalized spacial score (nSPS) is 24.5. The lowest BCUT2D eigenvalue weighted by Gasteiger charge is -2.36. The van der Waals surface area contributed by atoms with Crippen molar-refractivity contribution < 1.29 is 18.9 Å². The summed E-state index contributed by atoms with van der Waals surface area (Å²) in [7, 11) is 0. The minimum absolute atomic E-state index is 0.353. The summed E-state index contributed by atoms with van der Waals surface area (Å²) in [6, 6.07) is 0. The first-order valence-electron chi connectivity index (χ1n) is 16.9. The standard InChI is InChI=1S/C34H63ClO4/c1-5-37-34(38-6-2,39-7-3)26-18-14-10-8-9-11-15-19-29(4)32-24-22-31(36-28-27-35)23-25-33(32)30-20-16-12-13-17-21-30/h27-33H,5-26H2,1-4H3. The van der Waals surface area contributed by atoms with Crippen LogP contribution >= 0.6 is 11.6 Å². The molecule has 0 aliphatic heterocycles. The average Bonchev–Trinajstić information content (AvgIpc) is 3.32. The minimum atomic E-state index is -0.839. The lowest BCUT2D eigenvalue weighted by atomic mass is 9.69. The third-order valence-electron chi connectivity index (χ3n) is 9.49. The van der Waals surface area contributed by atoms with Crippen LogP contribution in [0.3, 0.4) is 0 Å². The molecule has 0 spiro atoms. The maximum atomic E-state index is 5.98. The van der Waals surface area contributed by atoms with E-state index in [-0.39, 0.29) is 0 Å². The molecule has 2 fully saturated rings. The van der Waals surface area contributed by atoms with E-state index in [1.54, 1.807) is 6.26 Å². The molecule has 0 aromatic rings. The van der Waals surface area contributed by atoms with Crippen LogP contribution in [0.4, 0.5) is 0 Å². The summed E-state index contributed by atoms with van der Waals surface area (Å²) in [6.07, 6.45) is 27.1. The molecule has 0 aromatic heterocycles. The van der Waals surface area contributed by atoms with E-state index < -0.39 is 5.97 Å². The summed E-state index contributed by atoms with van der Waals surface area (Å²) in [5.74, 6) is 2.68. The van der Waals surface area contributed by atoms with Crippen LogP contribution < -0.4 is 0 Å². The van der Waals surface area contributed by atoms with Crippen LogP contribution in [0.25, 0.3) is 0 Å². The van der Waals surface area contributed by atoms with Crippen molar-refractivity contribution in [1.29, 1.82) is 0 Å². The van der Waals surface area contributed by atoms with E-state index in [2.05, 4.69) is 6.92 Å². The number of rotatable bonds is 20. The van der Waals surface area contributed by atoms with Crippen molar-refractivity contribution in [2.75, 3.05) is 19.8 Å². The highest BCUT2D eigenvalue weighted by Gasteiger charge is 2.36. The molecule has 0 saturated heterocycles. The van der Waals surface area contributed by atoms with Gasteiger partial charge < -0.3 is 18.9 Å². The van der Waals surface area contributed by atoms with Gasteiger partial charge in [-0.15, -0.1) is 0 Å². The Kier molecular flexibility index (Phi) is 19.2. The van der Waals surface area contributed by atoms with Crippen LogP contribution in [0.1, 0.15) is 150 Å². The van der Waals surface area contributed by atoms with Gasteiger partial charge in [0.05, 0.1) is 12.4 Å². The molecule has 0 aromatic carbocycles. The van der Waals surface area contributed by atoms with Crippen molar-refractivity contribution in [3.63, 3.8) is 0 Å². The van der Waals surface area contributed by atoms with Crippen molar-refractivity contribution in [3.8, 4) is 0 Å². The van der Waals surface area contributed by atoms with Crippen LogP contribution in [0.2, 0.25) is 0 Å². The van der Waals surface area contributed by atoms with Gasteiger partial charge in [0.25, 0.3) is 5.97 Å². The molecule has 230 valence electrons. The zero-order valence-electron chi connectivity index (χ0n) is 26.1. The SMILES string of the molecule is CCOC(CCCCCCCCCC(C)C1CCC(OC=CCl)CCC1C1CCCCCC1)(OCC)OCC. The molecule has 2 saturated carbocycles. The van der Waals surface area contributed by atoms with Crippen LogP contribution in [0.15, 0.2) is 11.8 Å². The molecule has 0 radical (unpaired) electrons. The topological polar surface area (TPSA) is 36.9 Å². The summed E-state index contributed by atoms with van der Waals surface area (Å²) in [6.45, 7) is 10.4. The molecule has 2 aliphatic carbocycles. The Labute approximate surface area is 247 Å². The minimum Gasteiger partial charge on any atom is -0.497 e. The van der Waals surface area contributed by atoms with E-state index >= 15 is 0 Å². The fraction of sp³-hybridized carbons (Fsp3) is 0.941. The van der Waals surface area contributed by atoms with Crippen LogP contribution in [-0.2, 0) is 18.9 Å². The summed E-state index contributed by atoms with van der Waals surface area (Å²) < 4.78 is 23.6. The molecule has 4 nitrogen and oxygen atoms in total. The zero-order valence-corrected chi connectivity index (χ0v) is 26.9. The number of halogens is 1. The van der Waals surface area contributed by atoms with Crippen LogP contribution in [0, 0.1) is 23.7 Å². The highest BCUT2D eigenvalue weighted by molar-refractivity contribution is 6.25. The fourth-order valence-corrected chi connectivity index (χ4v) is 7.60. The molecular formula is C34H63ClO4. The fourth-order valence-electron chi connectivity index (χ4n) is 7.54. The molecule has 4 unspecified atom stereocenters. The molecule has 0 bridgehead atoms. The Bertz CT molecular complexity index is 587. The molecule has 39 heavy (non-hydrogen) atoms. The second-order valence-electron chi connectivity index (χ2n) is 12.2. The first-order valence-corrected chi connectivity index (χ1v) is 17.3. The summed E-state index contributed by atoms with van der Waals surface area (Å²) in [5.41, 5.74) is 1.52. The van der Waals surface area contributed by atoms with Crippen molar-refractivity contribution >= 4 is 11.6 Å². The van der Waals surface area contributed by atoms with E-state index in [1.165, 1.54) is 115 Å². The molecule has 4 atom stereocenters. The number of unbranched alkanes of at least 4 members (excludes halogenated alkanes) is 6. The molecular weight excluding hydrogens is 508 g/mol.